The molecule has 3 N–H and O–H groups in total. The van der Waals surface area contributed by atoms with Crippen LogP contribution in [0.25, 0.3) is 0 Å². The Morgan fingerprint density at radius 1 is 1.07 bits per heavy atom. The van der Waals surface area contributed by atoms with Gasteiger partial charge in [0.25, 0.3) is 0 Å². The Bertz CT molecular complexity index is 1510. The number of amides is 1. The van der Waals surface area contributed by atoms with E-state index in [-0.39, 0.29) is 53.1 Å². The van der Waals surface area contributed by atoms with Gasteiger partial charge in [0.1, 0.15) is 29.8 Å². The third-order valence-electron chi connectivity index (χ3n) is 7.47. The van der Waals surface area contributed by atoms with Crippen LogP contribution in [0.2, 0.25) is 0 Å². The van der Waals surface area contributed by atoms with Crippen molar-refractivity contribution in [3.05, 3.63) is 106 Å². The van der Waals surface area contributed by atoms with Crippen LogP contribution in [0.4, 0.5) is 14.6 Å². The van der Waals surface area contributed by atoms with Crippen molar-refractivity contribution in [1.82, 2.24) is 9.55 Å². The van der Waals surface area contributed by atoms with Crippen LogP contribution >= 0.6 is 23.5 Å². The zero-order valence-corrected chi connectivity index (χ0v) is 27.0. The summed E-state index contributed by atoms with van der Waals surface area (Å²) in [5.74, 6) is 1.76. The zero-order chi connectivity index (χ0) is 32.4. The van der Waals surface area contributed by atoms with Crippen LogP contribution < -0.4 is 11.0 Å². The first-order valence-electron chi connectivity index (χ1n) is 14.8. The van der Waals surface area contributed by atoms with E-state index in [0.717, 1.165) is 47.6 Å². The highest BCUT2D eigenvalue weighted by Gasteiger charge is 2.28. The summed E-state index contributed by atoms with van der Waals surface area (Å²) in [5.41, 5.74) is 1.16. The van der Waals surface area contributed by atoms with Crippen molar-refractivity contribution in [2.45, 2.75) is 68.9 Å². The van der Waals surface area contributed by atoms with E-state index in [1.807, 2.05) is 25.6 Å². The molecule has 0 fully saturated rings. The number of hydrogen-bond acceptors (Lipinski definition) is 8. The lowest BCUT2D eigenvalue weighted by atomic mass is 9.83. The molecule has 0 spiro atoms. The fourth-order valence-corrected chi connectivity index (χ4v) is 7.25. The summed E-state index contributed by atoms with van der Waals surface area (Å²) in [6.07, 6.45) is 3.52. The van der Waals surface area contributed by atoms with Crippen LogP contribution in [0.3, 0.4) is 0 Å². The van der Waals surface area contributed by atoms with Gasteiger partial charge >= 0.3 is 5.69 Å². The lowest BCUT2D eigenvalue weighted by Crippen LogP contribution is -2.29. The van der Waals surface area contributed by atoms with E-state index in [9.17, 15) is 28.6 Å². The van der Waals surface area contributed by atoms with Crippen molar-refractivity contribution in [2.24, 2.45) is 5.41 Å². The Kier molecular flexibility index (Phi) is 12.5. The molecule has 1 amide bonds. The molecule has 2 aromatic carbocycles. The fraction of sp³-hybridized carbons (Fsp3) is 0.424. The van der Waals surface area contributed by atoms with Crippen molar-refractivity contribution < 1.29 is 28.5 Å². The van der Waals surface area contributed by atoms with Gasteiger partial charge in [-0.2, -0.15) is 28.5 Å². The van der Waals surface area contributed by atoms with Crippen LogP contribution in [0.5, 0.6) is 0 Å². The molecular weight excluding hydrogens is 621 g/mol. The summed E-state index contributed by atoms with van der Waals surface area (Å²) in [4.78, 5) is 29.5. The topological polar surface area (TPSA) is 114 Å². The highest BCUT2D eigenvalue weighted by Crippen LogP contribution is 2.34. The monoisotopic (exact) mass is 659 g/mol. The van der Waals surface area contributed by atoms with Crippen molar-refractivity contribution >= 4 is 35.2 Å². The number of halogens is 2. The molecule has 2 atom stereocenters. The molecule has 242 valence electrons. The average molecular weight is 660 g/mol. The average Bonchev–Trinajstić information content (AvgIpc) is 3.37. The first kappa shape index (κ1) is 34.5. The van der Waals surface area contributed by atoms with Crippen LogP contribution in [0.15, 0.2) is 77.1 Å². The smallest absolute Gasteiger partial charge is 0.352 e. The summed E-state index contributed by atoms with van der Waals surface area (Å²) in [6, 6.07) is 14.6. The van der Waals surface area contributed by atoms with Crippen LogP contribution in [-0.4, -0.2) is 43.3 Å². The standard InChI is InChI=1S/C33H39F2N3O5S2/c1-33(2,18-30(41)36-29-12-15-38(32(42)37-29)31-17-27(40)28(19-39)43-31)14-11-26(45-21-23-5-9-25(35)10-6-23)13-16-44-20-22-3-7-24(34)8-4-22/h3-10,12,15,26,31,39-40H,11,13-14,16-21H2,1-2H3,(H,36,37,41,42)/t26?,31-/m1/s1. The third kappa shape index (κ3) is 10.9. The molecule has 4 rings (SSSR count). The molecule has 3 aromatic rings. The molecule has 45 heavy (non-hydrogen) atoms. The SMILES string of the molecule is CC(C)(CCC(CCSCc1ccc(F)cc1)SCc1ccc(F)cc1)CC(=O)Nc1ccn([C@H]2CC(O)=C(CO)O2)c(=O)n1. The van der Waals surface area contributed by atoms with E-state index in [4.69, 9.17) is 4.74 Å². The number of carbonyl (C=O) groups is 1. The van der Waals surface area contributed by atoms with Gasteiger partial charge in [0, 0.05) is 29.4 Å². The van der Waals surface area contributed by atoms with Gasteiger partial charge < -0.3 is 20.3 Å². The van der Waals surface area contributed by atoms with E-state index in [1.54, 1.807) is 36.0 Å². The van der Waals surface area contributed by atoms with Crippen LogP contribution in [0, 0.1) is 17.0 Å². The fourth-order valence-electron chi connectivity index (χ4n) is 4.89. The number of anilines is 1. The molecular formula is C33H39F2N3O5S2. The number of thioether (sulfide) groups is 2. The number of rotatable bonds is 16. The predicted octanol–water partition coefficient (Wildman–Crippen LogP) is 6.96. The maximum Gasteiger partial charge on any atom is 0.352 e. The van der Waals surface area contributed by atoms with Crippen molar-refractivity contribution in [3.8, 4) is 0 Å². The van der Waals surface area contributed by atoms with Crippen molar-refractivity contribution in [2.75, 3.05) is 17.7 Å². The molecule has 0 bridgehead atoms. The normalized spacial score (nSPS) is 15.6. The van der Waals surface area contributed by atoms with Gasteiger partial charge in [0.15, 0.2) is 12.0 Å². The molecule has 2 heterocycles. The van der Waals surface area contributed by atoms with Gasteiger partial charge in [-0.25, -0.2) is 13.6 Å². The highest BCUT2D eigenvalue weighted by molar-refractivity contribution is 7.99. The summed E-state index contributed by atoms with van der Waals surface area (Å²) >= 11 is 3.63. The third-order valence-corrected chi connectivity index (χ3v) is 9.97. The zero-order valence-electron chi connectivity index (χ0n) is 25.4. The van der Waals surface area contributed by atoms with E-state index in [2.05, 4.69) is 10.3 Å². The number of hydrogen-bond donors (Lipinski definition) is 3. The van der Waals surface area contributed by atoms with Gasteiger partial charge in [-0.15, -0.1) is 0 Å². The molecule has 0 aliphatic carbocycles. The predicted molar refractivity (Wildman–Crippen MR) is 175 cm³/mol. The second-order valence-electron chi connectivity index (χ2n) is 11.8. The molecule has 1 unspecified atom stereocenters. The minimum absolute atomic E-state index is 0.0198. The number of nitrogens with one attached hydrogen (secondary N) is 1. The van der Waals surface area contributed by atoms with E-state index >= 15 is 0 Å². The maximum atomic E-state index is 13.4. The van der Waals surface area contributed by atoms with E-state index in [1.165, 1.54) is 41.1 Å². The summed E-state index contributed by atoms with van der Waals surface area (Å²) < 4.78 is 33.2. The van der Waals surface area contributed by atoms with Crippen molar-refractivity contribution in [3.63, 3.8) is 0 Å². The molecule has 1 aliphatic heterocycles. The summed E-state index contributed by atoms with van der Waals surface area (Å²) in [6.45, 7) is 3.61. The second kappa shape index (κ2) is 16.3. The van der Waals surface area contributed by atoms with Crippen molar-refractivity contribution in [1.29, 1.82) is 0 Å². The van der Waals surface area contributed by atoms with Gasteiger partial charge in [-0.05, 0) is 71.9 Å². The molecule has 8 nitrogen and oxygen atoms in total. The Morgan fingerprint density at radius 3 is 2.31 bits per heavy atom. The Labute approximate surface area is 270 Å². The Balaban J connectivity index is 1.28. The lowest BCUT2D eigenvalue weighted by molar-refractivity contribution is -0.118. The lowest BCUT2D eigenvalue weighted by Gasteiger charge is -2.27. The van der Waals surface area contributed by atoms with Gasteiger partial charge in [-0.1, -0.05) is 38.1 Å². The number of aliphatic hydroxyl groups excluding tert-OH is 2. The number of carbonyl (C=O) groups excluding carboxylic acids is 1. The minimum Gasteiger partial charge on any atom is -0.508 e. The molecule has 12 heteroatoms. The second-order valence-corrected chi connectivity index (χ2v) is 14.2. The number of aliphatic hydroxyl groups is 2. The molecule has 0 radical (unpaired) electrons. The first-order valence-corrected chi connectivity index (χ1v) is 17.0. The summed E-state index contributed by atoms with van der Waals surface area (Å²) in [5, 5.41) is 22.1. The maximum absolute atomic E-state index is 13.4. The Hall–Kier alpha value is -3.35. The number of aromatic nitrogens is 2. The van der Waals surface area contributed by atoms with Crippen LogP contribution in [0.1, 0.15) is 63.3 Å². The first-order chi connectivity index (χ1) is 21.5. The van der Waals surface area contributed by atoms with Gasteiger partial charge in [0.2, 0.25) is 5.91 Å². The van der Waals surface area contributed by atoms with E-state index in [0.29, 0.717) is 5.25 Å². The van der Waals surface area contributed by atoms with Gasteiger partial charge in [-0.3, -0.25) is 9.36 Å². The largest absolute Gasteiger partial charge is 0.508 e. The minimum atomic E-state index is -0.814. The molecule has 1 aromatic heterocycles. The molecule has 0 saturated carbocycles. The highest BCUT2D eigenvalue weighted by atomic mass is 32.2. The molecule has 1 aliphatic rings. The Morgan fingerprint density at radius 2 is 1.71 bits per heavy atom. The number of ether oxygens (including phenoxy) is 1. The number of benzene rings is 2. The summed E-state index contributed by atoms with van der Waals surface area (Å²) in [7, 11) is 0. The molecule has 0 saturated heterocycles. The van der Waals surface area contributed by atoms with Crippen LogP contribution in [-0.2, 0) is 21.0 Å². The number of nitrogens with zero attached hydrogens (tertiary/aromatic N) is 2. The van der Waals surface area contributed by atoms with Gasteiger partial charge in [0.05, 0.1) is 6.42 Å². The quantitative estimate of drug-likeness (QED) is 0.142. The van der Waals surface area contributed by atoms with E-state index < -0.39 is 18.5 Å².